The van der Waals surface area contributed by atoms with Crippen molar-refractivity contribution in [1.82, 2.24) is 0 Å². The number of hydrogen-bond acceptors (Lipinski definition) is 5. The number of carbonyl (C=O) groups excluding carboxylic acids is 1. The van der Waals surface area contributed by atoms with Gasteiger partial charge in [0.05, 0.1) is 17.6 Å². The van der Waals surface area contributed by atoms with E-state index in [2.05, 4.69) is 113 Å². The summed E-state index contributed by atoms with van der Waals surface area (Å²) in [5.74, 6) is -0.105. The van der Waals surface area contributed by atoms with Crippen LogP contribution in [0.15, 0.2) is 23.1 Å². The number of rotatable bonds is 4. The molecule has 162 valence electrons. The van der Waals surface area contributed by atoms with Crippen molar-refractivity contribution in [3.63, 3.8) is 0 Å². The van der Waals surface area contributed by atoms with Crippen LogP contribution in [0.3, 0.4) is 0 Å². The van der Waals surface area contributed by atoms with E-state index in [9.17, 15) is 17.8 Å². The lowest BCUT2D eigenvalue weighted by molar-refractivity contribution is 0.0731. The van der Waals surface area contributed by atoms with Crippen molar-refractivity contribution in [3.05, 3.63) is 47.2 Å². The van der Waals surface area contributed by atoms with E-state index in [0.29, 0.717) is 11.3 Å². The van der Waals surface area contributed by atoms with Crippen molar-refractivity contribution in [2.24, 2.45) is 0 Å². The highest BCUT2D eigenvalue weighted by molar-refractivity contribution is 14.1. The molecule has 0 heterocycles. The Hall–Kier alpha value is 1.47. The lowest BCUT2D eigenvalue weighted by Gasteiger charge is -2.25. The van der Waals surface area contributed by atoms with E-state index >= 15 is 0 Å². The first kappa shape index (κ1) is 26.1. The number of ether oxygens (including phenoxy) is 1. The Morgan fingerprint density at radius 2 is 1.43 bits per heavy atom. The fraction of sp³-hybridized carbons (Fsp3) is 0.316. The summed E-state index contributed by atoms with van der Waals surface area (Å²) >= 11 is 11.1. The third-order valence-corrected chi connectivity index (χ3v) is 15.3. The smallest absolute Gasteiger partial charge is 0.343 e. The van der Waals surface area contributed by atoms with Crippen LogP contribution in [0.1, 0.15) is 53.9 Å². The molecule has 11 heteroatoms. The maximum absolute atomic E-state index is 13.0. The van der Waals surface area contributed by atoms with Crippen molar-refractivity contribution in [2.45, 2.75) is 42.9 Å². The second kappa shape index (κ2) is 10.8. The molecule has 2 aromatic rings. The van der Waals surface area contributed by atoms with Gasteiger partial charge in [-0.15, -0.1) is 0 Å². The van der Waals surface area contributed by atoms with E-state index in [0.717, 1.165) is 50.0 Å². The summed E-state index contributed by atoms with van der Waals surface area (Å²) in [6.07, 6.45) is 4.68. The van der Waals surface area contributed by atoms with Crippen molar-refractivity contribution in [3.8, 4) is 5.75 Å². The zero-order valence-corrected chi connectivity index (χ0v) is 26.8. The normalized spacial score (nSPS) is 15.3. The van der Waals surface area contributed by atoms with Gasteiger partial charge in [-0.3, -0.25) is 0 Å². The highest BCUT2D eigenvalue weighted by Crippen LogP contribution is 2.39. The molecule has 0 amide bonds. The maximum atomic E-state index is 13.0. The van der Waals surface area contributed by atoms with Gasteiger partial charge in [0.1, 0.15) is 10.1 Å². The van der Waals surface area contributed by atoms with Crippen LogP contribution in [-0.4, -0.2) is 18.9 Å². The zero-order valence-electron chi connectivity index (χ0n) is 15.2. The third kappa shape index (κ3) is 5.75. The molecule has 0 aliphatic heterocycles. The van der Waals surface area contributed by atoms with E-state index in [-0.39, 0.29) is 16.4 Å². The Morgan fingerprint density at radius 1 is 0.900 bits per heavy atom. The first-order valence-electron chi connectivity index (χ1n) is 8.85. The number of halogens is 5. The van der Waals surface area contributed by atoms with Crippen molar-refractivity contribution < 1.29 is 22.5 Å². The first-order valence-corrected chi connectivity index (χ1v) is 15.7. The van der Waals surface area contributed by atoms with E-state index < -0.39 is 16.1 Å². The van der Waals surface area contributed by atoms with Gasteiger partial charge in [-0.05, 0) is 155 Å². The first-order chi connectivity index (χ1) is 14.0. The Kier molecular flexibility index (Phi) is 9.40. The molecule has 0 spiro atoms. The SMILES string of the molecule is O=C(Oc1c(I)c(I)c(I)c(I)c1I)c1ccc(S(=O)(=O)[O-])c(C2CCCCC2)c1. The lowest BCUT2D eigenvalue weighted by Crippen LogP contribution is -2.15. The minimum absolute atomic E-state index is 0.0364. The Bertz CT molecular complexity index is 1080. The molecule has 0 unspecified atom stereocenters. The summed E-state index contributed by atoms with van der Waals surface area (Å²) in [7, 11) is -4.62. The maximum Gasteiger partial charge on any atom is 0.343 e. The molecule has 0 N–H and O–H groups in total. The zero-order chi connectivity index (χ0) is 22.2. The van der Waals surface area contributed by atoms with Crippen molar-refractivity contribution in [2.75, 3.05) is 0 Å². The summed E-state index contributed by atoms with van der Waals surface area (Å²) in [5, 5.41) is 0. The molecule has 1 aliphatic rings. The molecular weight excluding hydrogens is 975 g/mol. The molecule has 3 rings (SSSR count). The minimum Gasteiger partial charge on any atom is -0.744 e. The second-order valence-electron chi connectivity index (χ2n) is 6.83. The Balaban J connectivity index is 2.02. The van der Waals surface area contributed by atoms with Crippen molar-refractivity contribution in [1.29, 1.82) is 0 Å². The van der Waals surface area contributed by atoms with E-state index in [1.807, 2.05) is 0 Å². The molecule has 0 radical (unpaired) electrons. The van der Waals surface area contributed by atoms with Gasteiger partial charge in [0.15, 0.2) is 5.75 Å². The molecule has 0 bridgehead atoms. The van der Waals surface area contributed by atoms with Gasteiger partial charge in [-0.2, -0.15) is 0 Å². The van der Waals surface area contributed by atoms with Gasteiger partial charge in [0.2, 0.25) is 0 Å². The third-order valence-electron chi connectivity index (χ3n) is 4.92. The predicted octanol–water partition coefficient (Wildman–Crippen LogP) is 6.88. The van der Waals surface area contributed by atoms with Gasteiger partial charge in [-0.25, -0.2) is 13.2 Å². The van der Waals surface area contributed by atoms with Crippen molar-refractivity contribution >= 4 is 129 Å². The monoisotopic (exact) mass is 989 g/mol. The lowest BCUT2D eigenvalue weighted by atomic mass is 9.83. The molecule has 0 atom stereocenters. The average molecular weight is 989 g/mol. The van der Waals surface area contributed by atoms with Gasteiger partial charge in [0.25, 0.3) is 0 Å². The van der Waals surface area contributed by atoms with Crippen LogP contribution in [0.25, 0.3) is 0 Å². The molecule has 30 heavy (non-hydrogen) atoms. The quantitative estimate of drug-likeness (QED) is 0.0835. The Labute approximate surface area is 243 Å². The predicted molar refractivity (Wildman–Crippen MR) is 155 cm³/mol. The van der Waals surface area contributed by atoms with Gasteiger partial charge in [-0.1, -0.05) is 19.3 Å². The Morgan fingerprint density at radius 3 is 1.97 bits per heavy atom. The molecule has 1 aliphatic carbocycles. The molecule has 2 aromatic carbocycles. The van der Waals surface area contributed by atoms with Gasteiger partial charge < -0.3 is 9.29 Å². The highest BCUT2D eigenvalue weighted by Gasteiger charge is 2.25. The van der Waals surface area contributed by atoms with Crippen LogP contribution in [0.4, 0.5) is 0 Å². The van der Waals surface area contributed by atoms with Crippen LogP contribution in [0.5, 0.6) is 5.75 Å². The second-order valence-corrected chi connectivity index (χ2v) is 13.6. The summed E-state index contributed by atoms with van der Waals surface area (Å²) < 4.78 is 45.9. The van der Waals surface area contributed by atoms with Gasteiger partial charge >= 0.3 is 5.97 Å². The fourth-order valence-corrected chi connectivity index (χ4v) is 9.14. The topological polar surface area (TPSA) is 83.5 Å². The summed E-state index contributed by atoms with van der Waals surface area (Å²) in [4.78, 5) is 12.7. The number of carbonyl (C=O) groups is 1. The molecule has 1 saturated carbocycles. The molecule has 0 aromatic heterocycles. The molecule has 5 nitrogen and oxygen atoms in total. The average Bonchev–Trinajstić information content (AvgIpc) is 2.73. The highest BCUT2D eigenvalue weighted by atomic mass is 127. The number of hydrogen-bond donors (Lipinski definition) is 0. The largest absolute Gasteiger partial charge is 0.744 e. The summed E-state index contributed by atoms with van der Waals surface area (Å²) in [6.45, 7) is 0. The summed E-state index contributed by atoms with van der Waals surface area (Å²) in [6, 6.07) is 4.15. The van der Waals surface area contributed by atoms with Crippen LogP contribution >= 0.6 is 113 Å². The minimum atomic E-state index is -4.62. The van der Waals surface area contributed by atoms with Crippen LogP contribution in [-0.2, 0) is 10.1 Å². The van der Waals surface area contributed by atoms with E-state index in [1.54, 1.807) is 0 Å². The standard InChI is InChI=1S/C19H15I5O5S/c20-13-14(21)16(23)18(17(24)15(13)22)29-19(25)10-6-7-12(30(26,27)28)11(8-10)9-4-2-1-3-5-9/h6-9H,1-5H2,(H,26,27,28)/p-1. The van der Waals surface area contributed by atoms with Crippen LogP contribution in [0.2, 0.25) is 0 Å². The molecule has 1 fully saturated rings. The van der Waals surface area contributed by atoms with E-state index in [1.165, 1.54) is 18.2 Å². The van der Waals surface area contributed by atoms with Crippen LogP contribution in [0, 0.1) is 17.9 Å². The van der Waals surface area contributed by atoms with Crippen LogP contribution < -0.4 is 4.74 Å². The van der Waals surface area contributed by atoms with E-state index in [4.69, 9.17) is 4.74 Å². The summed E-state index contributed by atoms with van der Waals surface area (Å²) in [5.41, 5.74) is 0.688. The molecule has 0 saturated heterocycles. The number of benzene rings is 2. The number of esters is 1. The molecular formula is C19H14I5O5S-. The van der Waals surface area contributed by atoms with Gasteiger partial charge in [0, 0.05) is 10.7 Å². The fourth-order valence-electron chi connectivity index (χ4n) is 3.46.